The molecular weight excluding hydrogens is 343 g/mol. The third kappa shape index (κ3) is 5.09. The second-order valence-electron chi connectivity index (χ2n) is 6.53. The van der Waals surface area contributed by atoms with E-state index in [1.807, 2.05) is 0 Å². The van der Waals surface area contributed by atoms with Gasteiger partial charge >= 0.3 is 18.1 Å². The summed E-state index contributed by atoms with van der Waals surface area (Å²) in [5.41, 5.74) is -2.55. The van der Waals surface area contributed by atoms with Crippen LogP contribution in [0.15, 0.2) is 0 Å². The molecule has 25 heavy (non-hydrogen) atoms. The van der Waals surface area contributed by atoms with Gasteiger partial charge in [-0.15, -0.1) is 0 Å². The third-order valence-corrected chi connectivity index (χ3v) is 4.41. The Hall–Kier alpha value is -1.80. The number of ether oxygens (including phenoxy) is 2. The molecular formula is C16H24F3NO5. The highest BCUT2D eigenvalue weighted by Crippen LogP contribution is 2.49. The molecule has 0 radical (unpaired) electrons. The summed E-state index contributed by atoms with van der Waals surface area (Å²) in [6.45, 7) is 2.44. The number of carbonyl (C=O) groups is 3. The monoisotopic (exact) mass is 367 g/mol. The fraction of sp³-hybridized carbons (Fsp3) is 0.812. The zero-order valence-electron chi connectivity index (χ0n) is 14.6. The maximum Gasteiger partial charge on any atom is 0.404 e. The van der Waals surface area contributed by atoms with Crippen molar-refractivity contribution in [2.45, 2.75) is 58.2 Å². The van der Waals surface area contributed by atoms with Crippen LogP contribution in [0.4, 0.5) is 13.2 Å². The largest absolute Gasteiger partial charge is 0.467 e. The van der Waals surface area contributed by atoms with Gasteiger partial charge in [0.05, 0.1) is 7.11 Å². The number of nitrogens with one attached hydrogen (secondary N) is 1. The molecule has 0 spiro atoms. The molecule has 1 aliphatic rings. The molecule has 0 aromatic rings. The van der Waals surface area contributed by atoms with Crippen molar-refractivity contribution in [3.8, 4) is 0 Å². The Labute approximate surface area is 144 Å². The van der Waals surface area contributed by atoms with Crippen molar-refractivity contribution in [3.63, 3.8) is 0 Å². The molecule has 1 saturated carbocycles. The molecule has 0 heterocycles. The standard InChI is InChI=1S/C16H24F3NO5/c1-10(2)12(13(22)24-3)20-11(21)9-25-14(23)15(16(17,18)19)7-5-4-6-8-15/h10,12H,4-9H2,1-3H3,(H,20,21)/t12-/m0/s1. The maximum absolute atomic E-state index is 13.4. The fourth-order valence-corrected chi connectivity index (χ4v) is 2.87. The minimum absolute atomic E-state index is 0.276. The highest BCUT2D eigenvalue weighted by atomic mass is 19.4. The lowest BCUT2D eigenvalue weighted by Gasteiger charge is -2.36. The van der Waals surface area contributed by atoms with Crippen molar-refractivity contribution in [1.29, 1.82) is 0 Å². The van der Waals surface area contributed by atoms with E-state index in [9.17, 15) is 27.6 Å². The number of alkyl halides is 3. The van der Waals surface area contributed by atoms with Crippen LogP contribution in [0.3, 0.4) is 0 Å². The maximum atomic E-state index is 13.4. The summed E-state index contributed by atoms with van der Waals surface area (Å²) in [6, 6.07) is -0.970. The zero-order chi connectivity index (χ0) is 19.3. The van der Waals surface area contributed by atoms with Crippen molar-refractivity contribution >= 4 is 17.8 Å². The van der Waals surface area contributed by atoms with E-state index in [1.165, 1.54) is 0 Å². The highest BCUT2D eigenvalue weighted by molar-refractivity contribution is 5.87. The summed E-state index contributed by atoms with van der Waals surface area (Å²) in [4.78, 5) is 35.5. The van der Waals surface area contributed by atoms with E-state index in [0.29, 0.717) is 6.42 Å². The van der Waals surface area contributed by atoms with Crippen molar-refractivity contribution in [1.82, 2.24) is 5.32 Å². The number of esters is 2. The van der Waals surface area contributed by atoms with Crippen molar-refractivity contribution < 1.29 is 37.0 Å². The van der Waals surface area contributed by atoms with Crippen LogP contribution in [0, 0.1) is 11.3 Å². The van der Waals surface area contributed by atoms with Crippen LogP contribution in [0.25, 0.3) is 0 Å². The van der Waals surface area contributed by atoms with Crippen molar-refractivity contribution in [2.24, 2.45) is 11.3 Å². The van der Waals surface area contributed by atoms with E-state index >= 15 is 0 Å². The Balaban J connectivity index is 2.70. The number of halogens is 3. The van der Waals surface area contributed by atoms with Crippen LogP contribution in [0.5, 0.6) is 0 Å². The lowest BCUT2D eigenvalue weighted by molar-refractivity contribution is -0.242. The zero-order valence-corrected chi connectivity index (χ0v) is 14.6. The molecule has 1 atom stereocenters. The van der Waals surface area contributed by atoms with Crippen molar-refractivity contribution in [2.75, 3.05) is 13.7 Å². The molecule has 1 rings (SSSR count). The molecule has 0 unspecified atom stereocenters. The van der Waals surface area contributed by atoms with Gasteiger partial charge in [0, 0.05) is 0 Å². The van der Waals surface area contributed by atoms with Gasteiger partial charge in [-0.1, -0.05) is 33.1 Å². The smallest absolute Gasteiger partial charge is 0.404 e. The number of hydrogen-bond donors (Lipinski definition) is 1. The van der Waals surface area contributed by atoms with Crippen LogP contribution in [0.1, 0.15) is 46.0 Å². The first-order valence-corrected chi connectivity index (χ1v) is 8.16. The average molecular weight is 367 g/mol. The summed E-state index contributed by atoms with van der Waals surface area (Å²) in [5.74, 6) is -3.28. The molecule has 1 aliphatic carbocycles. The molecule has 0 bridgehead atoms. The predicted molar refractivity (Wildman–Crippen MR) is 81.3 cm³/mol. The third-order valence-electron chi connectivity index (χ3n) is 4.41. The first kappa shape index (κ1) is 21.2. The number of carbonyl (C=O) groups excluding carboxylic acids is 3. The van der Waals surface area contributed by atoms with Gasteiger partial charge in [0.2, 0.25) is 0 Å². The van der Waals surface area contributed by atoms with Crippen molar-refractivity contribution in [3.05, 3.63) is 0 Å². The summed E-state index contributed by atoms with van der Waals surface area (Å²) < 4.78 is 49.3. The van der Waals surface area contributed by atoms with Crippen LogP contribution >= 0.6 is 0 Å². The summed E-state index contributed by atoms with van der Waals surface area (Å²) in [6.07, 6.45) is -4.23. The Kier molecular flexibility index (Phi) is 7.25. The molecule has 0 saturated heterocycles. The minimum atomic E-state index is -4.73. The lowest BCUT2D eigenvalue weighted by atomic mass is 9.73. The Morgan fingerprint density at radius 3 is 2.12 bits per heavy atom. The van der Waals surface area contributed by atoms with E-state index < -0.39 is 42.1 Å². The molecule has 1 amide bonds. The predicted octanol–water partition coefficient (Wildman–Crippen LogP) is 2.36. The first-order valence-electron chi connectivity index (χ1n) is 8.16. The summed E-state index contributed by atoms with van der Waals surface area (Å²) in [5, 5.41) is 2.30. The number of hydrogen-bond acceptors (Lipinski definition) is 5. The highest BCUT2D eigenvalue weighted by Gasteiger charge is 2.61. The Bertz CT molecular complexity index is 498. The van der Waals surface area contributed by atoms with Gasteiger partial charge in [-0.25, -0.2) is 4.79 Å². The normalized spacial score (nSPS) is 18.4. The average Bonchev–Trinajstić information content (AvgIpc) is 2.56. The van der Waals surface area contributed by atoms with E-state index in [0.717, 1.165) is 7.11 Å². The second kappa shape index (κ2) is 8.53. The molecule has 144 valence electrons. The van der Waals surface area contributed by atoms with Gasteiger partial charge in [-0.05, 0) is 18.8 Å². The topological polar surface area (TPSA) is 81.7 Å². The molecule has 0 aliphatic heterocycles. The molecule has 1 N–H and O–H groups in total. The van der Waals surface area contributed by atoms with E-state index in [4.69, 9.17) is 0 Å². The minimum Gasteiger partial charge on any atom is -0.467 e. The lowest BCUT2D eigenvalue weighted by Crippen LogP contribution is -2.49. The van der Waals surface area contributed by atoms with E-state index in [-0.39, 0.29) is 31.6 Å². The van der Waals surface area contributed by atoms with E-state index in [2.05, 4.69) is 14.8 Å². The van der Waals surface area contributed by atoms with Crippen LogP contribution in [0.2, 0.25) is 0 Å². The van der Waals surface area contributed by atoms with Gasteiger partial charge in [-0.2, -0.15) is 13.2 Å². The quantitative estimate of drug-likeness (QED) is 0.729. The molecule has 9 heteroatoms. The molecule has 6 nitrogen and oxygen atoms in total. The SMILES string of the molecule is COC(=O)[C@@H](NC(=O)COC(=O)C1(C(F)(F)F)CCCCC1)C(C)C. The van der Waals surface area contributed by atoms with Crippen LogP contribution in [-0.2, 0) is 23.9 Å². The molecule has 1 fully saturated rings. The van der Waals surface area contributed by atoms with Gasteiger partial charge in [0.15, 0.2) is 12.0 Å². The second-order valence-corrected chi connectivity index (χ2v) is 6.53. The van der Waals surface area contributed by atoms with Gasteiger partial charge in [0.1, 0.15) is 6.04 Å². The Morgan fingerprint density at radius 2 is 1.68 bits per heavy atom. The van der Waals surface area contributed by atoms with Crippen LogP contribution in [-0.4, -0.2) is 43.8 Å². The molecule has 0 aromatic carbocycles. The van der Waals surface area contributed by atoms with E-state index in [1.54, 1.807) is 13.8 Å². The van der Waals surface area contributed by atoms with Gasteiger partial charge < -0.3 is 14.8 Å². The number of amides is 1. The van der Waals surface area contributed by atoms with Gasteiger partial charge in [-0.3, -0.25) is 9.59 Å². The fourth-order valence-electron chi connectivity index (χ4n) is 2.87. The summed E-state index contributed by atoms with van der Waals surface area (Å²) >= 11 is 0. The summed E-state index contributed by atoms with van der Waals surface area (Å²) in [7, 11) is 1.15. The number of rotatable bonds is 6. The van der Waals surface area contributed by atoms with Crippen LogP contribution < -0.4 is 5.32 Å². The Morgan fingerprint density at radius 1 is 1.12 bits per heavy atom. The number of methoxy groups -OCH3 is 1. The molecule has 0 aromatic heterocycles. The first-order chi connectivity index (χ1) is 11.5. The van der Waals surface area contributed by atoms with Gasteiger partial charge in [0.25, 0.3) is 5.91 Å².